The Labute approximate surface area is 129 Å². The highest BCUT2D eigenvalue weighted by atomic mass is 32.2. The summed E-state index contributed by atoms with van der Waals surface area (Å²) in [6.07, 6.45) is 1.39. The largest absolute Gasteiger partial charge is 0.480 e. The molecule has 0 aliphatic carbocycles. The molecular formula is C13H23N3O4S. The molecule has 120 valence electrons. The van der Waals surface area contributed by atoms with E-state index in [2.05, 4.69) is 5.32 Å². The Hall–Kier alpha value is -1.44. The Morgan fingerprint density at radius 3 is 2.52 bits per heavy atom. The average Bonchev–Trinajstić information content (AvgIpc) is 2.89. The van der Waals surface area contributed by atoms with Gasteiger partial charge in [-0.05, 0) is 12.8 Å². The zero-order valence-electron chi connectivity index (χ0n) is 12.7. The molecule has 2 N–H and O–H groups in total. The second kappa shape index (κ2) is 8.11. The van der Waals surface area contributed by atoms with Gasteiger partial charge in [0.25, 0.3) is 0 Å². The Morgan fingerprint density at radius 2 is 2.05 bits per heavy atom. The van der Waals surface area contributed by atoms with Gasteiger partial charge >= 0.3 is 12.0 Å². The maximum atomic E-state index is 12.7. The summed E-state index contributed by atoms with van der Waals surface area (Å²) in [7, 11) is 1.51. The van der Waals surface area contributed by atoms with Crippen LogP contribution in [0.1, 0.15) is 26.7 Å². The van der Waals surface area contributed by atoms with E-state index in [-0.39, 0.29) is 23.9 Å². The SMILES string of the molecule is CCCN(CC(=O)NC)C(=O)N1C(CC)SCC1C(=O)O. The molecule has 0 aromatic carbocycles. The third-order valence-corrected chi connectivity index (χ3v) is 4.78. The Balaban J connectivity index is 2.92. The third kappa shape index (κ3) is 4.26. The van der Waals surface area contributed by atoms with Gasteiger partial charge in [0.1, 0.15) is 12.6 Å². The minimum atomic E-state index is -0.997. The van der Waals surface area contributed by atoms with Gasteiger partial charge < -0.3 is 15.3 Å². The fourth-order valence-corrected chi connectivity index (χ4v) is 3.59. The molecular weight excluding hydrogens is 294 g/mol. The van der Waals surface area contributed by atoms with Crippen molar-refractivity contribution < 1.29 is 19.5 Å². The van der Waals surface area contributed by atoms with Crippen LogP contribution < -0.4 is 5.32 Å². The summed E-state index contributed by atoms with van der Waals surface area (Å²) in [5, 5.41) is 11.6. The lowest BCUT2D eigenvalue weighted by atomic mass is 10.2. The fraction of sp³-hybridized carbons (Fsp3) is 0.769. The number of carbonyl (C=O) groups is 3. The average molecular weight is 317 g/mol. The van der Waals surface area contributed by atoms with E-state index in [9.17, 15) is 19.5 Å². The molecule has 3 amide bonds. The predicted molar refractivity (Wildman–Crippen MR) is 81.1 cm³/mol. The standard InChI is InChI=1S/C13H23N3O4S/c1-4-6-15(7-10(17)14-3)13(20)16-9(12(18)19)8-21-11(16)5-2/h9,11H,4-8H2,1-3H3,(H,14,17)(H,18,19). The van der Waals surface area contributed by atoms with E-state index in [0.717, 1.165) is 0 Å². The number of rotatable bonds is 6. The van der Waals surface area contributed by atoms with Crippen LogP contribution in [0, 0.1) is 0 Å². The molecule has 8 heteroatoms. The summed E-state index contributed by atoms with van der Waals surface area (Å²) in [4.78, 5) is 38.4. The van der Waals surface area contributed by atoms with Crippen molar-refractivity contribution in [3.8, 4) is 0 Å². The predicted octanol–water partition coefficient (Wildman–Crippen LogP) is 0.803. The van der Waals surface area contributed by atoms with Crippen molar-refractivity contribution in [3.63, 3.8) is 0 Å². The summed E-state index contributed by atoms with van der Waals surface area (Å²) in [5.41, 5.74) is 0. The number of hydrogen-bond donors (Lipinski definition) is 2. The van der Waals surface area contributed by atoms with E-state index < -0.39 is 12.0 Å². The van der Waals surface area contributed by atoms with Crippen molar-refractivity contribution in [2.75, 3.05) is 25.9 Å². The molecule has 2 unspecified atom stereocenters. The summed E-state index contributed by atoms with van der Waals surface area (Å²) >= 11 is 1.47. The number of nitrogens with one attached hydrogen (secondary N) is 1. The van der Waals surface area contributed by atoms with Gasteiger partial charge in [-0.3, -0.25) is 9.69 Å². The lowest BCUT2D eigenvalue weighted by molar-refractivity contribution is -0.141. The Morgan fingerprint density at radius 1 is 1.38 bits per heavy atom. The first kappa shape index (κ1) is 17.6. The van der Waals surface area contributed by atoms with Crippen molar-refractivity contribution in [2.45, 2.75) is 38.1 Å². The molecule has 0 spiro atoms. The minimum Gasteiger partial charge on any atom is -0.480 e. The van der Waals surface area contributed by atoms with Crippen LogP contribution >= 0.6 is 11.8 Å². The van der Waals surface area contributed by atoms with E-state index in [1.54, 1.807) is 0 Å². The Bertz CT molecular complexity index is 405. The van der Waals surface area contributed by atoms with Crippen LogP contribution in [0.2, 0.25) is 0 Å². The summed E-state index contributed by atoms with van der Waals surface area (Å²) in [6, 6.07) is -1.19. The van der Waals surface area contributed by atoms with Crippen LogP contribution in [0.5, 0.6) is 0 Å². The highest BCUT2D eigenvalue weighted by Crippen LogP contribution is 2.32. The highest BCUT2D eigenvalue weighted by Gasteiger charge is 2.42. The number of urea groups is 1. The number of likely N-dealkylation sites (N-methyl/N-ethyl adjacent to an activating group) is 1. The molecule has 1 heterocycles. The lowest BCUT2D eigenvalue weighted by Gasteiger charge is -2.32. The van der Waals surface area contributed by atoms with Crippen molar-refractivity contribution in [1.82, 2.24) is 15.1 Å². The summed E-state index contributed by atoms with van der Waals surface area (Å²) in [5.74, 6) is -0.869. The molecule has 0 saturated carbocycles. The molecule has 0 radical (unpaired) electrons. The van der Waals surface area contributed by atoms with Crippen LogP contribution in [-0.4, -0.2) is 70.1 Å². The smallest absolute Gasteiger partial charge is 0.327 e. The molecule has 0 bridgehead atoms. The van der Waals surface area contributed by atoms with Gasteiger partial charge in [-0.2, -0.15) is 0 Å². The highest BCUT2D eigenvalue weighted by molar-refractivity contribution is 8.00. The first-order chi connectivity index (χ1) is 9.96. The van der Waals surface area contributed by atoms with Crippen LogP contribution in [0.15, 0.2) is 0 Å². The maximum Gasteiger partial charge on any atom is 0.327 e. The Kier molecular flexibility index (Phi) is 6.80. The zero-order valence-corrected chi connectivity index (χ0v) is 13.5. The molecule has 1 saturated heterocycles. The molecule has 21 heavy (non-hydrogen) atoms. The van der Waals surface area contributed by atoms with E-state index in [1.807, 2.05) is 13.8 Å². The molecule has 0 aromatic heterocycles. The number of amides is 3. The summed E-state index contributed by atoms with van der Waals surface area (Å²) in [6.45, 7) is 4.21. The van der Waals surface area contributed by atoms with Gasteiger partial charge in [0.15, 0.2) is 0 Å². The molecule has 7 nitrogen and oxygen atoms in total. The molecule has 1 aliphatic rings. The number of hydrogen-bond acceptors (Lipinski definition) is 4. The number of carboxylic acid groups (broad SMARTS) is 1. The number of nitrogens with zero attached hydrogens (tertiary/aromatic N) is 2. The van der Waals surface area contributed by atoms with Gasteiger partial charge in [0.05, 0.1) is 5.37 Å². The zero-order chi connectivity index (χ0) is 16.0. The third-order valence-electron chi connectivity index (χ3n) is 3.33. The quantitative estimate of drug-likeness (QED) is 0.756. The van der Waals surface area contributed by atoms with Gasteiger partial charge in [-0.25, -0.2) is 9.59 Å². The molecule has 1 fully saturated rings. The maximum absolute atomic E-state index is 12.7. The number of thioether (sulfide) groups is 1. The topological polar surface area (TPSA) is 90.0 Å². The normalized spacial score (nSPS) is 21.2. The van der Waals surface area contributed by atoms with Crippen molar-refractivity contribution in [1.29, 1.82) is 0 Å². The van der Waals surface area contributed by atoms with Gasteiger partial charge in [0.2, 0.25) is 5.91 Å². The van der Waals surface area contributed by atoms with Crippen LogP contribution in [0.3, 0.4) is 0 Å². The van der Waals surface area contributed by atoms with E-state index in [0.29, 0.717) is 25.1 Å². The second-order valence-electron chi connectivity index (χ2n) is 4.83. The van der Waals surface area contributed by atoms with E-state index in [4.69, 9.17) is 0 Å². The molecule has 1 aliphatic heterocycles. The fourth-order valence-electron chi connectivity index (χ4n) is 2.25. The van der Waals surface area contributed by atoms with Gasteiger partial charge in [0, 0.05) is 19.3 Å². The van der Waals surface area contributed by atoms with Crippen molar-refractivity contribution >= 4 is 29.7 Å². The van der Waals surface area contributed by atoms with E-state index >= 15 is 0 Å². The van der Waals surface area contributed by atoms with Crippen LogP contribution in [0.4, 0.5) is 4.79 Å². The van der Waals surface area contributed by atoms with Crippen LogP contribution in [-0.2, 0) is 9.59 Å². The number of aliphatic carboxylic acids is 1. The van der Waals surface area contributed by atoms with Gasteiger partial charge in [-0.1, -0.05) is 13.8 Å². The van der Waals surface area contributed by atoms with Crippen molar-refractivity contribution in [3.05, 3.63) is 0 Å². The first-order valence-electron chi connectivity index (χ1n) is 7.08. The second-order valence-corrected chi connectivity index (χ2v) is 6.05. The first-order valence-corrected chi connectivity index (χ1v) is 8.13. The van der Waals surface area contributed by atoms with E-state index in [1.165, 1.54) is 28.6 Å². The molecule has 0 aromatic rings. The summed E-state index contributed by atoms with van der Waals surface area (Å²) < 4.78 is 0. The van der Waals surface area contributed by atoms with Crippen LogP contribution in [0.25, 0.3) is 0 Å². The number of carbonyl (C=O) groups excluding carboxylic acids is 2. The van der Waals surface area contributed by atoms with Gasteiger partial charge in [-0.15, -0.1) is 11.8 Å². The minimum absolute atomic E-state index is 0.0485. The number of carboxylic acids is 1. The lowest BCUT2D eigenvalue weighted by Crippen LogP contribution is -2.53. The molecule has 2 atom stereocenters. The monoisotopic (exact) mass is 317 g/mol. The molecule has 1 rings (SSSR count). The van der Waals surface area contributed by atoms with Crippen molar-refractivity contribution in [2.24, 2.45) is 0 Å².